The zero-order valence-electron chi connectivity index (χ0n) is 19.2. The van der Waals surface area contributed by atoms with E-state index in [1.807, 2.05) is 20.9 Å². The second-order valence-electron chi connectivity index (χ2n) is 7.23. The maximum atomic E-state index is 13.1. The SMILES string of the molecule is CC.CNCC1CCN(c2ccc(F)cc2C#N)CC1.Cn1ccnc1[C@H](O)[C@@H](O)C=O. The largest absolute Gasteiger partial charge is 0.382 e. The fourth-order valence-electron chi connectivity index (χ4n) is 3.43. The molecule has 3 N–H and O–H groups in total. The summed E-state index contributed by atoms with van der Waals surface area (Å²) in [5.74, 6) is 0.632. The molecule has 0 saturated carbocycles. The van der Waals surface area contributed by atoms with Crippen molar-refractivity contribution >= 4 is 12.0 Å². The second-order valence-corrected chi connectivity index (χ2v) is 7.23. The molecule has 1 aliphatic heterocycles. The van der Waals surface area contributed by atoms with Crippen molar-refractivity contribution in [3.8, 4) is 6.07 Å². The van der Waals surface area contributed by atoms with Crippen molar-refractivity contribution in [1.29, 1.82) is 5.26 Å². The number of imidazole rings is 1. The van der Waals surface area contributed by atoms with Gasteiger partial charge in [-0.25, -0.2) is 9.37 Å². The van der Waals surface area contributed by atoms with Crippen molar-refractivity contribution in [3.63, 3.8) is 0 Å². The van der Waals surface area contributed by atoms with Crippen LogP contribution in [0.1, 0.15) is 44.2 Å². The van der Waals surface area contributed by atoms with E-state index in [-0.39, 0.29) is 17.9 Å². The summed E-state index contributed by atoms with van der Waals surface area (Å²) in [6.07, 6.45) is 2.95. The van der Waals surface area contributed by atoms with Gasteiger partial charge in [0.15, 0.2) is 6.29 Å². The third-order valence-corrected chi connectivity index (χ3v) is 5.11. The first-order valence-electron chi connectivity index (χ1n) is 10.8. The van der Waals surface area contributed by atoms with Crippen LogP contribution in [0.5, 0.6) is 0 Å². The van der Waals surface area contributed by atoms with Crippen molar-refractivity contribution in [2.45, 2.75) is 38.9 Å². The number of carbonyl (C=O) groups excluding carboxylic acids is 1. The Kier molecular flexibility index (Phi) is 12.2. The number of rotatable bonds is 6. The third kappa shape index (κ3) is 7.71. The number of benzene rings is 1. The summed E-state index contributed by atoms with van der Waals surface area (Å²) >= 11 is 0. The molecule has 3 rings (SSSR count). The third-order valence-electron chi connectivity index (χ3n) is 5.11. The number of nitrogens with zero attached hydrogens (tertiary/aromatic N) is 4. The zero-order valence-corrected chi connectivity index (χ0v) is 19.2. The van der Waals surface area contributed by atoms with Gasteiger partial charge in [-0.3, -0.25) is 0 Å². The molecule has 1 aromatic carbocycles. The predicted octanol–water partition coefficient (Wildman–Crippen LogP) is 2.17. The van der Waals surface area contributed by atoms with E-state index in [2.05, 4.69) is 21.3 Å². The molecule has 1 aliphatic rings. The Labute approximate surface area is 189 Å². The number of carbonyl (C=O) groups is 1. The van der Waals surface area contributed by atoms with Crippen LogP contribution in [0.2, 0.25) is 0 Å². The summed E-state index contributed by atoms with van der Waals surface area (Å²) in [5.41, 5.74) is 1.30. The molecular formula is C23H34FN5O3. The Bertz CT molecular complexity index is 860. The van der Waals surface area contributed by atoms with E-state index in [9.17, 15) is 14.3 Å². The number of nitrogens with one attached hydrogen (secondary N) is 1. The van der Waals surface area contributed by atoms with Gasteiger partial charge in [-0.15, -0.1) is 0 Å². The van der Waals surface area contributed by atoms with E-state index in [0.29, 0.717) is 11.5 Å². The van der Waals surface area contributed by atoms with Gasteiger partial charge in [0.2, 0.25) is 0 Å². The molecule has 0 aliphatic carbocycles. The smallest absolute Gasteiger partial charge is 0.151 e. The van der Waals surface area contributed by atoms with Crippen molar-refractivity contribution < 1.29 is 19.4 Å². The van der Waals surface area contributed by atoms with E-state index in [4.69, 9.17) is 10.4 Å². The Morgan fingerprint density at radius 3 is 2.50 bits per heavy atom. The zero-order chi connectivity index (χ0) is 24.1. The molecule has 0 unspecified atom stereocenters. The Morgan fingerprint density at radius 2 is 2.00 bits per heavy atom. The number of piperidine rings is 1. The topological polar surface area (TPSA) is 114 Å². The van der Waals surface area contributed by atoms with Crippen LogP contribution in [0.15, 0.2) is 30.6 Å². The van der Waals surface area contributed by atoms with Crippen molar-refractivity contribution in [2.75, 3.05) is 31.6 Å². The Hall–Kier alpha value is -2.80. The summed E-state index contributed by atoms with van der Waals surface area (Å²) in [7, 11) is 3.64. The summed E-state index contributed by atoms with van der Waals surface area (Å²) in [6.45, 7) is 6.92. The lowest BCUT2D eigenvalue weighted by atomic mass is 9.96. The van der Waals surface area contributed by atoms with Crippen LogP contribution in [-0.2, 0) is 11.8 Å². The number of hydrogen-bond acceptors (Lipinski definition) is 7. The van der Waals surface area contributed by atoms with Crippen LogP contribution < -0.4 is 10.2 Å². The average molecular weight is 448 g/mol. The highest BCUT2D eigenvalue weighted by Gasteiger charge is 2.21. The first-order valence-corrected chi connectivity index (χ1v) is 10.8. The van der Waals surface area contributed by atoms with Crippen LogP contribution in [0.4, 0.5) is 10.1 Å². The number of aldehydes is 1. The molecule has 1 saturated heterocycles. The van der Waals surface area contributed by atoms with Crippen LogP contribution in [-0.4, -0.2) is 58.8 Å². The summed E-state index contributed by atoms with van der Waals surface area (Å²) in [6, 6.07) is 6.53. The van der Waals surface area contributed by atoms with Crippen LogP contribution in [0.25, 0.3) is 0 Å². The van der Waals surface area contributed by atoms with Gasteiger partial charge in [0.1, 0.15) is 29.9 Å². The molecule has 2 heterocycles. The number of anilines is 1. The molecule has 176 valence electrons. The fraction of sp³-hybridized carbons (Fsp3) is 0.522. The molecule has 2 atom stereocenters. The highest BCUT2D eigenvalue weighted by Crippen LogP contribution is 2.26. The van der Waals surface area contributed by atoms with E-state index in [1.54, 1.807) is 19.3 Å². The quantitative estimate of drug-likeness (QED) is 0.582. The number of halogens is 1. The van der Waals surface area contributed by atoms with E-state index < -0.39 is 12.2 Å². The molecule has 0 bridgehead atoms. The van der Waals surface area contributed by atoms with Crippen LogP contribution in [0, 0.1) is 23.1 Å². The molecule has 9 heteroatoms. The van der Waals surface area contributed by atoms with Crippen LogP contribution in [0.3, 0.4) is 0 Å². The normalized spacial score (nSPS) is 15.4. The standard InChI is InChI=1S/C14H18FN3.C7H10N2O3.C2H6/c1-17-10-11-4-6-18(7-5-11)14-3-2-13(15)8-12(14)9-16;1-9-3-2-8-7(9)6(12)5(11)4-10;1-2/h2-3,8,11,17H,4-7,10H2,1H3;2-6,11-12H,1H3;1-2H3/t;5-,6+;/m.0./s1. The van der Waals surface area contributed by atoms with Gasteiger partial charge in [0, 0.05) is 32.5 Å². The minimum absolute atomic E-state index is 0.273. The van der Waals surface area contributed by atoms with E-state index in [0.717, 1.165) is 38.2 Å². The molecule has 8 nitrogen and oxygen atoms in total. The lowest BCUT2D eigenvalue weighted by Crippen LogP contribution is -2.37. The van der Waals surface area contributed by atoms with Gasteiger partial charge in [0.05, 0.1) is 11.3 Å². The van der Waals surface area contributed by atoms with Crippen LogP contribution >= 0.6 is 0 Å². The first kappa shape index (κ1) is 27.2. The highest BCUT2D eigenvalue weighted by atomic mass is 19.1. The number of aliphatic hydroxyl groups excluding tert-OH is 2. The molecule has 0 radical (unpaired) electrons. The molecule has 32 heavy (non-hydrogen) atoms. The number of aliphatic hydroxyl groups is 2. The Morgan fingerprint density at radius 1 is 1.34 bits per heavy atom. The molecule has 1 aromatic heterocycles. The van der Waals surface area contributed by atoms with Crippen molar-refractivity contribution in [1.82, 2.24) is 14.9 Å². The summed E-state index contributed by atoms with van der Waals surface area (Å²) < 4.78 is 14.6. The summed E-state index contributed by atoms with van der Waals surface area (Å²) in [5, 5.41) is 30.5. The minimum atomic E-state index is -1.41. The summed E-state index contributed by atoms with van der Waals surface area (Å²) in [4.78, 5) is 16.1. The molecule has 0 amide bonds. The average Bonchev–Trinajstić information content (AvgIpc) is 3.26. The molecule has 2 aromatic rings. The second kappa shape index (κ2) is 14.3. The molecule has 1 fully saturated rings. The lowest BCUT2D eigenvalue weighted by Gasteiger charge is -2.34. The first-order chi connectivity index (χ1) is 15.4. The highest BCUT2D eigenvalue weighted by molar-refractivity contribution is 5.59. The lowest BCUT2D eigenvalue weighted by molar-refractivity contribution is -0.120. The van der Waals surface area contributed by atoms with Gasteiger partial charge in [-0.2, -0.15) is 5.26 Å². The van der Waals surface area contributed by atoms with Gasteiger partial charge in [-0.1, -0.05) is 13.8 Å². The van der Waals surface area contributed by atoms with E-state index in [1.165, 1.54) is 22.9 Å². The monoisotopic (exact) mass is 447 g/mol. The number of hydrogen-bond donors (Lipinski definition) is 3. The molecule has 0 spiro atoms. The van der Waals surface area contributed by atoms with Gasteiger partial charge >= 0.3 is 0 Å². The maximum Gasteiger partial charge on any atom is 0.151 e. The van der Waals surface area contributed by atoms with Crippen molar-refractivity contribution in [3.05, 3.63) is 47.8 Å². The predicted molar refractivity (Wildman–Crippen MR) is 122 cm³/mol. The Balaban J connectivity index is 0.000000318. The number of aromatic nitrogens is 2. The van der Waals surface area contributed by atoms with Crippen molar-refractivity contribution in [2.24, 2.45) is 13.0 Å². The van der Waals surface area contributed by atoms with Gasteiger partial charge in [-0.05, 0) is 50.6 Å². The number of aryl methyl sites for hydroxylation is 1. The molecular weight excluding hydrogens is 413 g/mol. The fourth-order valence-corrected chi connectivity index (χ4v) is 3.43. The van der Waals surface area contributed by atoms with E-state index >= 15 is 0 Å². The number of nitriles is 1. The van der Waals surface area contributed by atoms with Gasteiger partial charge < -0.3 is 29.8 Å². The minimum Gasteiger partial charge on any atom is -0.382 e. The maximum absolute atomic E-state index is 13.1. The van der Waals surface area contributed by atoms with Gasteiger partial charge in [0.25, 0.3) is 0 Å².